The van der Waals surface area contributed by atoms with E-state index in [1.54, 1.807) is 45.4 Å². The maximum atomic E-state index is 15.2. The zero-order chi connectivity index (χ0) is 34.3. The topological polar surface area (TPSA) is 189 Å². The number of carbonyl (C=O) groups excluding carboxylic acids is 2. The van der Waals surface area contributed by atoms with Crippen molar-refractivity contribution >= 4 is 23.9 Å². The molecule has 0 spiro atoms. The summed E-state index contributed by atoms with van der Waals surface area (Å²) in [5, 5.41) is 34.5. The van der Waals surface area contributed by atoms with E-state index in [1.165, 1.54) is 11.2 Å². The summed E-state index contributed by atoms with van der Waals surface area (Å²) in [6.45, 7) is 1.22. The van der Waals surface area contributed by atoms with E-state index in [1.807, 2.05) is 54.6 Å². The Bertz CT molecular complexity index is 1670. The van der Waals surface area contributed by atoms with Gasteiger partial charge in [-0.15, -0.1) is 0 Å². The van der Waals surface area contributed by atoms with Gasteiger partial charge in [0.25, 0.3) is 5.91 Å². The highest BCUT2D eigenvalue weighted by Gasteiger charge is 2.70. The minimum atomic E-state index is -2.18. The highest BCUT2D eigenvalue weighted by atomic mass is 16.6. The van der Waals surface area contributed by atoms with Crippen molar-refractivity contribution in [2.45, 2.75) is 61.0 Å². The number of fused-ring (bicyclic) bond motifs is 1. The fraction of sp³-hybridized carbons (Fsp3) is 0.371. The Morgan fingerprint density at radius 2 is 1.52 bits per heavy atom. The van der Waals surface area contributed by atoms with Gasteiger partial charge in [0.2, 0.25) is 11.3 Å². The van der Waals surface area contributed by atoms with E-state index in [-0.39, 0.29) is 12.3 Å². The van der Waals surface area contributed by atoms with Crippen molar-refractivity contribution in [2.75, 3.05) is 20.8 Å². The highest BCUT2D eigenvalue weighted by Crippen LogP contribution is 2.54. The van der Waals surface area contributed by atoms with Gasteiger partial charge in [0, 0.05) is 6.42 Å². The summed E-state index contributed by atoms with van der Waals surface area (Å²) in [5.41, 5.74) is 4.93. The molecule has 0 bridgehead atoms. The second-order valence-corrected chi connectivity index (χ2v) is 12.0. The molecule has 6 atom stereocenters. The number of rotatable bonds is 11. The maximum absolute atomic E-state index is 15.2. The lowest BCUT2D eigenvalue weighted by molar-refractivity contribution is -0.135. The summed E-state index contributed by atoms with van der Waals surface area (Å²) in [7, 11) is 3.10. The van der Waals surface area contributed by atoms with E-state index in [0.29, 0.717) is 34.6 Å². The SMILES string of the molecule is CCCC(=O)C1(N)N=C2N([C@@H]3O[C@H](CO)C(O)C3O)C=NC2(C(c2ccccc2)(c2ccc(OC)cc2)c2ccc(OC)cc2)C(=O)N1. The normalized spacial score (nSPS) is 28.1. The Morgan fingerprint density at radius 1 is 0.958 bits per heavy atom. The zero-order valence-electron chi connectivity index (χ0n) is 26.8. The van der Waals surface area contributed by atoms with Gasteiger partial charge in [-0.2, -0.15) is 0 Å². The molecule has 48 heavy (non-hydrogen) atoms. The fourth-order valence-corrected chi connectivity index (χ4v) is 6.98. The van der Waals surface area contributed by atoms with Gasteiger partial charge in [0.15, 0.2) is 17.8 Å². The number of methoxy groups -OCH3 is 2. The van der Waals surface area contributed by atoms with Crippen molar-refractivity contribution in [1.29, 1.82) is 0 Å². The lowest BCUT2D eigenvalue weighted by atomic mass is 9.56. The van der Waals surface area contributed by atoms with Crippen LogP contribution in [-0.2, 0) is 19.7 Å². The number of Topliss-reactive ketones (excluding diaryl/α,β-unsaturated/α-hetero) is 1. The number of benzene rings is 3. The van der Waals surface area contributed by atoms with E-state index >= 15 is 4.79 Å². The number of ether oxygens (including phenoxy) is 3. The van der Waals surface area contributed by atoms with Crippen LogP contribution in [0.5, 0.6) is 11.5 Å². The molecule has 0 saturated carbocycles. The monoisotopic (exact) mass is 657 g/mol. The number of hydrogen-bond acceptors (Lipinski definition) is 12. The molecular formula is C35H39N5O8. The van der Waals surface area contributed by atoms with Crippen LogP contribution in [0.25, 0.3) is 0 Å². The van der Waals surface area contributed by atoms with Gasteiger partial charge < -0.3 is 34.8 Å². The number of aliphatic hydroxyl groups excluding tert-OH is 3. The summed E-state index contributed by atoms with van der Waals surface area (Å²) in [4.78, 5) is 39.7. The number of ketones is 1. The number of hydrogen-bond donors (Lipinski definition) is 5. The van der Waals surface area contributed by atoms with E-state index < -0.39 is 59.6 Å². The number of nitrogens with two attached hydrogens (primary N) is 1. The van der Waals surface area contributed by atoms with Gasteiger partial charge in [-0.05, 0) is 47.4 Å². The number of aliphatic hydroxyl groups is 3. The average Bonchev–Trinajstić information content (AvgIpc) is 3.63. The number of nitrogens with zero attached hydrogens (tertiary/aromatic N) is 3. The molecule has 6 N–H and O–H groups in total. The van der Waals surface area contributed by atoms with E-state index in [4.69, 9.17) is 29.9 Å². The highest BCUT2D eigenvalue weighted by molar-refractivity contribution is 6.24. The molecule has 13 nitrogen and oxygen atoms in total. The molecule has 0 radical (unpaired) electrons. The van der Waals surface area contributed by atoms with Gasteiger partial charge in [-0.1, -0.05) is 61.5 Å². The molecule has 0 aromatic heterocycles. The maximum Gasteiger partial charge on any atom is 0.260 e. The molecule has 0 aliphatic carbocycles. The molecule has 13 heteroatoms. The first-order chi connectivity index (χ1) is 23.1. The largest absolute Gasteiger partial charge is 0.497 e. The Hall–Kier alpha value is -4.66. The van der Waals surface area contributed by atoms with Crippen LogP contribution in [0.2, 0.25) is 0 Å². The summed E-state index contributed by atoms with van der Waals surface area (Å²) >= 11 is 0. The molecule has 4 unspecified atom stereocenters. The summed E-state index contributed by atoms with van der Waals surface area (Å²) in [6.07, 6.45) is -3.73. The van der Waals surface area contributed by atoms with Crippen LogP contribution in [0.4, 0.5) is 0 Å². The van der Waals surface area contributed by atoms with Crippen LogP contribution in [0, 0.1) is 0 Å². The molecule has 1 fully saturated rings. The number of amidine groups is 1. The van der Waals surface area contributed by atoms with Crippen molar-refractivity contribution in [2.24, 2.45) is 15.7 Å². The van der Waals surface area contributed by atoms with Gasteiger partial charge in [-0.3, -0.25) is 20.2 Å². The Morgan fingerprint density at radius 3 is 2.02 bits per heavy atom. The first-order valence-corrected chi connectivity index (χ1v) is 15.7. The van der Waals surface area contributed by atoms with Crippen LogP contribution in [0.3, 0.4) is 0 Å². The number of carbonyl (C=O) groups is 2. The first kappa shape index (κ1) is 33.2. The Labute approximate surface area is 277 Å². The minimum absolute atomic E-state index is 0.0239. The Balaban J connectivity index is 1.72. The van der Waals surface area contributed by atoms with Crippen molar-refractivity contribution in [1.82, 2.24) is 10.2 Å². The van der Waals surface area contributed by atoms with Crippen LogP contribution in [0.1, 0.15) is 36.5 Å². The predicted octanol–water partition coefficient (Wildman–Crippen LogP) is 1.07. The van der Waals surface area contributed by atoms with Crippen molar-refractivity contribution in [3.63, 3.8) is 0 Å². The van der Waals surface area contributed by atoms with E-state index in [9.17, 15) is 20.1 Å². The number of nitrogens with one attached hydrogen (secondary N) is 1. The lowest BCUT2D eigenvalue weighted by Crippen LogP contribution is -2.76. The molecule has 1 saturated heterocycles. The van der Waals surface area contributed by atoms with Crippen LogP contribution in [0.15, 0.2) is 88.8 Å². The van der Waals surface area contributed by atoms with Crippen LogP contribution < -0.4 is 20.5 Å². The van der Waals surface area contributed by atoms with Gasteiger partial charge >= 0.3 is 0 Å². The standard InChI is InChI=1S/C35H39N5O8/c1-4-8-27(42)35(36)38-31-34(32(45)39-35,37-20-40(31)30-29(44)28(43)26(19-41)48-30)33(21-9-6-5-7-10-21,22-11-15-24(46-2)16-12-22)23-13-17-25(47-3)18-14-23/h5-7,9-18,20,26,28-30,41,43-44H,4,8,19,36H2,1-3H3,(H,39,45)/t26-,28?,29?,30-,34?,35?/m1/s1. The third-order valence-electron chi connectivity index (χ3n) is 9.35. The molecular weight excluding hydrogens is 618 g/mol. The van der Waals surface area contributed by atoms with Crippen LogP contribution in [-0.4, -0.2) is 101 Å². The smallest absolute Gasteiger partial charge is 0.260 e. The summed E-state index contributed by atoms with van der Waals surface area (Å²) < 4.78 is 16.9. The van der Waals surface area contributed by atoms with Crippen LogP contribution >= 0.6 is 0 Å². The lowest BCUT2D eigenvalue weighted by Gasteiger charge is -2.50. The minimum Gasteiger partial charge on any atom is -0.497 e. The van der Waals surface area contributed by atoms with Crippen molar-refractivity contribution in [3.8, 4) is 11.5 Å². The molecule has 1 amide bonds. The molecule has 3 aromatic rings. The van der Waals surface area contributed by atoms with Crippen molar-refractivity contribution < 1.29 is 39.1 Å². The molecule has 3 aliphatic heterocycles. The second kappa shape index (κ2) is 12.7. The fourth-order valence-electron chi connectivity index (χ4n) is 6.98. The molecule has 3 aromatic carbocycles. The third kappa shape index (κ3) is 4.89. The second-order valence-electron chi connectivity index (χ2n) is 12.0. The van der Waals surface area contributed by atoms with Gasteiger partial charge in [-0.25, -0.2) is 9.98 Å². The van der Waals surface area contributed by atoms with E-state index in [0.717, 1.165) is 0 Å². The predicted molar refractivity (Wildman–Crippen MR) is 176 cm³/mol. The summed E-state index contributed by atoms with van der Waals surface area (Å²) in [6, 6.07) is 23.6. The van der Waals surface area contributed by atoms with E-state index in [2.05, 4.69) is 5.32 Å². The average molecular weight is 658 g/mol. The van der Waals surface area contributed by atoms with Gasteiger partial charge in [0.05, 0.1) is 32.6 Å². The number of amides is 1. The molecule has 3 heterocycles. The third-order valence-corrected chi connectivity index (χ3v) is 9.35. The van der Waals surface area contributed by atoms with Gasteiger partial charge in [0.1, 0.15) is 29.8 Å². The molecule has 3 aliphatic rings. The summed E-state index contributed by atoms with van der Waals surface area (Å²) in [5.74, 6) is -2.40. The number of aliphatic imine (C=N–C) groups is 2. The molecule has 252 valence electrons. The molecule has 6 rings (SSSR count). The Kier molecular flexibility index (Phi) is 8.83. The quantitative estimate of drug-likeness (QED) is 0.187. The van der Waals surface area contributed by atoms with Crippen molar-refractivity contribution in [3.05, 3.63) is 95.6 Å². The zero-order valence-corrected chi connectivity index (χ0v) is 26.8. The first-order valence-electron chi connectivity index (χ1n) is 15.7.